The summed E-state index contributed by atoms with van der Waals surface area (Å²) in [4.78, 5) is 1.14. The molecule has 0 saturated carbocycles. The zero-order chi connectivity index (χ0) is 16.9. The molecule has 2 aromatic carbocycles. The molecule has 0 radical (unpaired) electrons. The van der Waals surface area contributed by atoms with Crippen molar-refractivity contribution >= 4 is 21.4 Å². The molecule has 1 heteroatoms. The normalized spacial score (nSPS) is 10.6. The van der Waals surface area contributed by atoms with Crippen LogP contribution in [0.1, 0.15) is 53.3 Å². The van der Waals surface area contributed by atoms with Crippen LogP contribution in [0.15, 0.2) is 42.5 Å². The molecule has 0 unspecified atom stereocenters. The highest BCUT2D eigenvalue weighted by Gasteiger charge is 2.01. The van der Waals surface area contributed by atoms with Crippen molar-refractivity contribution in [3.05, 3.63) is 69.6 Å². The monoisotopic (exact) mass is 332 g/mol. The lowest BCUT2D eigenvalue weighted by atomic mass is 10.0. The molecule has 0 nitrogen and oxygen atoms in total. The van der Waals surface area contributed by atoms with E-state index in [0.717, 1.165) is 10.4 Å². The molecule has 1 heterocycles. The molecule has 0 saturated heterocycles. The second kappa shape index (κ2) is 7.69. The van der Waals surface area contributed by atoms with E-state index >= 15 is 0 Å². The summed E-state index contributed by atoms with van der Waals surface area (Å²) in [7, 11) is 0. The number of hydrogen-bond donors (Lipinski definition) is 0. The lowest BCUT2D eigenvalue weighted by Crippen LogP contribution is -1.89. The Bertz CT molecular complexity index is 903. The molecular formula is C23H24S. The Balaban J connectivity index is 1.79. The van der Waals surface area contributed by atoms with Crippen LogP contribution >= 0.6 is 11.3 Å². The summed E-state index contributed by atoms with van der Waals surface area (Å²) in [6.45, 7) is 6.55. The van der Waals surface area contributed by atoms with Crippen LogP contribution < -0.4 is 0 Å². The van der Waals surface area contributed by atoms with Gasteiger partial charge in [-0.25, -0.2) is 0 Å². The van der Waals surface area contributed by atoms with E-state index in [1.807, 2.05) is 0 Å². The Morgan fingerprint density at radius 3 is 2.58 bits per heavy atom. The maximum Gasteiger partial charge on any atom is 0.0784 e. The van der Waals surface area contributed by atoms with Crippen LogP contribution in [0.3, 0.4) is 0 Å². The predicted molar refractivity (Wildman–Crippen MR) is 107 cm³/mol. The maximum atomic E-state index is 3.36. The first-order valence-electron chi connectivity index (χ1n) is 8.77. The standard InChI is InChI=1S/C23H24S/c1-4-5-6-7-19-9-10-20(18(3)15-19)11-12-22-16-21-14-17(2)8-13-23(21)24-22/h8-10,13-16H,4-7H2,1-3H3. The average molecular weight is 333 g/mol. The fourth-order valence-corrected chi connectivity index (χ4v) is 3.85. The fourth-order valence-electron chi connectivity index (χ4n) is 2.95. The second-order valence-corrected chi connectivity index (χ2v) is 7.59. The minimum absolute atomic E-state index is 1.14. The number of rotatable bonds is 4. The van der Waals surface area contributed by atoms with Gasteiger partial charge in [0.25, 0.3) is 0 Å². The van der Waals surface area contributed by atoms with Gasteiger partial charge in [-0.3, -0.25) is 0 Å². The molecule has 3 aromatic rings. The van der Waals surface area contributed by atoms with E-state index in [2.05, 4.69) is 75.1 Å². The Hall–Kier alpha value is -2.04. The Morgan fingerprint density at radius 2 is 1.79 bits per heavy atom. The van der Waals surface area contributed by atoms with Crippen molar-refractivity contribution < 1.29 is 0 Å². The smallest absolute Gasteiger partial charge is 0.0784 e. The highest BCUT2D eigenvalue weighted by Crippen LogP contribution is 2.26. The quantitative estimate of drug-likeness (QED) is 0.370. The van der Waals surface area contributed by atoms with Gasteiger partial charge in [-0.1, -0.05) is 61.4 Å². The molecule has 0 bridgehead atoms. The van der Waals surface area contributed by atoms with Gasteiger partial charge in [-0.2, -0.15) is 0 Å². The molecule has 0 fully saturated rings. The highest BCUT2D eigenvalue weighted by atomic mass is 32.1. The van der Waals surface area contributed by atoms with Gasteiger partial charge in [0.05, 0.1) is 4.88 Å². The van der Waals surface area contributed by atoms with Gasteiger partial charge in [0.15, 0.2) is 0 Å². The van der Waals surface area contributed by atoms with E-state index in [9.17, 15) is 0 Å². The van der Waals surface area contributed by atoms with Crippen LogP contribution in [0, 0.1) is 25.7 Å². The predicted octanol–water partition coefficient (Wildman–Crippen LogP) is 6.65. The van der Waals surface area contributed by atoms with Gasteiger partial charge in [-0.15, -0.1) is 11.3 Å². The zero-order valence-electron chi connectivity index (χ0n) is 14.8. The topological polar surface area (TPSA) is 0 Å². The molecule has 0 atom stereocenters. The molecule has 3 rings (SSSR count). The van der Waals surface area contributed by atoms with Crippen LogP contribution in [0.4, 0.5) is 0 Å². The summed E-state index contributed by atoms with van der Waals surface area (Å²) in [5.74, 6) is 6.71. The third kappa shape index (κ3) is 4.08. The Labute approximate surface area is 149 Å². The van der Waals surface area contributed by atoms with Crippen LogP contribution in [0.2, 0.25) is 0 Å². The van der Waals surface area contributed by atoms with E-state index in [-0.39, 0.29) is 0 Å². The van der Waals surface area contributed by atoms with Crippen molar-refractivity contribution in [3.63, 3.8) is 0 Å². The largest absolute Gasteiger partial charge is 0.127 e. The molecule has 0 aliphatic carbocycles. The van der Waals surface area contributed by atoms with Crippen LogP contribution in [-0.2, 0) is 6.42 Å². The van der Waals surface area contributed by atoms with Crippen LogP contribution in [0.25, 0.3) is 10.1 Å². The van der Waals surface area contributed by atoms with Gasteiger partial charge in [0, 0.05) is 10.3 Å². The first kappa shape index (κ1) is 16.8. The van der Waals surface area contributed by atoms with Gasteiger partial charge in [-0.05, 0) is 61.4 Å². The fraction of sp³-hybridized carbons (Fsp3) is 0.304. The first-order valence-corrected chi connectivity index (χ1v) is 9.59. The Morgan fingerprint density at radius 1 is 0.917 bits per heavy atom. The summed E-state index contributed by atoms with van der Waals surface area (Å²) in [5, 5.41) is 1.30. The summed E-state index contributed by atoms with van der Waals surface area (Å²) < 4.78 is 1.31. The summed E-state index contributed by atoms with van der Waals surface area (Å²) >= 11 is 1.77. The molecule has 0 spiro atoms. The van der Waals surface area contributed by atoms with Crippen LogP contribution in [0.5, 0.6) is 0 Å². The van der Waals surface area contributed by atoms with Crippen molar-refractivity contribution in [2.45, 2.75) is 46.5 Å². The van der Waals surface area contributed by atoms with Crippen LogP contribution in [-0.4, -0.2) is 0 Å². The molecular weight excluding hydrogens is 308 g/mol. The van der Waals surface area contributed by atoms with E-state index in [0.29, 0.717) is 0 Å². The molecule has 24 heavy (non-hydrogen) atoms. The van der Waals surface area contributed by atoms with E-state index < -0.39 is 0 Å². The molecule has 0 aliphatic rings. The molecule has 1 aromatic heterocycles. The number of benzene rings is 2. The number of fused-ring (bicyclic) bond motifs is 1. The number of hydrogen-bond acceptors (Lipinski definition) is 1. The Kier molecular flexibility index (Phi) is 5.38. The molecule has 0 amide bonds. The second-order valence-electron chi connectivity index (χ2n) is 6.51. The number of thiophene rings is 1. The third-order valence-electron chi connectivity index (χ3n) is 4.35. The SMILES string of the molecule is CCCCCc1ccc(C#Cc2cc3cc(C)ccc3s2)c(C)c1. The van der Waals surface area contributed by atoms with E-state index in [4.69, 9.17) is 0 Å². The van der Waals surface area contributed by atoms with E-state index in [1.165, 1.54) is 52.5 Å². The molecule has 0 N–H and O–H groups in total. The van der Waals surface area contributed by atoms with E-state index in [1.54, 1.807) is 11.3 Å². The van der Waals surface area contributed by atoms with Crippen molar-refractivity contribution in [2.75, 3.05) is 0 Å². The minimum Gasteiger partial charge on any atom is -0.127 e. The van der Waals surface area contributed by atoms with Gasteiger partial charge in [0.2, 0.25) is 0 Å². The van der Waals surface area contributed by atoms with Crippen molar-refractivity contribution in [3.8, 4) is 11.8 Å². The molecule has 0 aliphatic heterocycles. The van der Waals surface area contributed by atoms with Crippen molar-refractivity contribution in [1.82, 2.24) is 0 Å². The van der Waals surface area contributed by atoms with Crippen molar-refractivity contribution in [1.29, 1.82) is 0 Å². The zero-order valence-corrected chi connectivity index (χ0v) is 15.6. The average Bonchev–Trinajstić information content (AvgIpc) is 2.96. The highest BCUT2D eigenvalue weighted by molar-refractivity contribution is 7.19. The first-order chi connectivity index (χ1) is 11.7. The third-order valence-corrected chi connectivity index (χ3v) is 5.38. The number of aryl methyl sites for hydroxylation is 3. The maximum absolute atomic E-state index is 3.36. The summed E-state index contributed by atoms with van der Waals surface area (Å²) in [6, 6.07) is 15.5. The summed E-state index contributed by atoms with van der Waals surface area (Å²) in [5.41, 5.74) is 5.16. The summed E-state index contributed by atoms with van der Waals surface area (Å²) in [6.07, 6.45) is 5.05. The van der Waals surface area contributed by atoms with Crippen molar-refractivity contribution in [2.24, 2.45) is 0 Å². The van der Waals surface area contributed by atoms with Gasteiger partial charge >= 0.3 is 0 Å². The minimum atomic E-state index is 1.14. The lowest BCUT2D eigenvalue weighted by molar-refractivity contribution is 0.717. The molecule has 122 valence electrons. The van der Waals surface area contributed by atoms with Gasteiger partial charge < -0.3 is 0 Å². The lowest BCUT2D eigenvalue weighted by Gasteiger charge is -2.04. The number of unbranched alkanes of at least 4 members (excludes halogenated alkanes) is 2. The van der Waals surface area contributed by atoms with Gasteiger partial charge in [0.1, 0.15) is 0 Å².